The molecule has 0 aliphatic heterocycles. The van der Waals surface area contributed by atoms with Gasteiger partial charge in [-0.3, -0.25) is 0 Å². The minimum atomic E-state index is -3.88. The summed E-state index contributed by atoms with van der Waals surface area (Å²) in [7, 11) is -2.54. The van der Waals surface area contributed by atoms with Crippen molar-refractivity contribution in [1.82, 2.24) is 4.31 Å². The predicted octanol–water partition coefficient (Wildman–Crippen LogP) is 1.21. The van der Waals surface area contributed by atoms with Crippen molar-refractivity contribution in [3.63, 3.8) is 0 Å². The normalized spacial score (nSPS) is 13.2. The van der Waals surface area contributed by atoms with Gasteiger partial charge < -0.3 is 9.52 Å². The first-order chi connectivity index (χ1) is 8.71. The molecule has 19 heavy (non-hydrogen) atoms. The molecule has 1 rings (SSSR count). The van der Waals surface area contributed by atoms with Crippen LogP contribution in [0.5, 0.6) is 0 Å². The Morgan fingerprint density at radius 3 is 2.63 bits per heavy atom. The molecule has 0 saturated carbocycles. The number of carboxylic acids is 1. The van der Waals surface area contributed by atoms with Crippen molar-refractivity contribution in [2.24, 2.45) is 0 Å². The molecule has 1 aromatic heterocycles. The molecule has 0 aromatic carbocycles. The Morgan fingerprint density at radius 2 is 2.21 bits per heavy atom. The van der Waals surface area contributed by atoms with Gasteiger partial charge in [-0.1, -0.05) is 0 Å². The summed E-state index contributed by atoms with van der Waals surface area (Å²) in [6.45, 7) is 2.97. The number of carbonyl (C=O) groups is 1. The molecule has 0 amide bonds. The smallest absolute Gasteiger partial charge is 0.371 e. The Balaban J connectivity index is 3.21. The molecule has 104 valence electrons. The number of nitrogens with zero attached hydrogens (tertiary/aromatic N) is 2. The summed E-state index contributed by atoms with van der Waals surface area (Å²) in [5, 5.41) is 17.4. The fraction of sp³-hybridized carbons (Fsp3) is 0.455. The highest BCUT2D eigenvalue weighted by Crippen LogP contribution is 2.24. The van der Waals surface area contributed by atoms with Gasteiger partial charge in [0.25, 0.3) is 0 Å². The number of rotatable bonds is 5. The second-order valence-electron chi connectivity index (χ2n) is 4.07. The van der Waals surface area contributed by atoms with Crippen LogP contribution in [0.25, 0.3) is 0 Å². The van der Waals surface area contributed by atoms with Gasteiger partial charge in [-0.05, 0) is 13.8 Å². The summed E-state index contributed by atoms with van der Waals surface area (Å²) in [5.74, 6) is -1.76. The van der Waals surface area contributed by atoms with Gasteiger partial charge in [-0.2, -0.15) is 9.57 Å². The van der Waals surface area contributed by atoms with E-state index in [0.29, 0.717) is 0 Å². The van der Waals surface area contributed by atoms with E-state index in [4.69, 9.17) is 14.8 Å². The SMILES string of the molecule is Cc1oc(C(=O)O)cc1S(=O)(=O)N(C)C(C)CC#N. The largest absolute Gasteiger partial charge is 0.475 e. The molecule has 1 aromatic rings. The zero-order valence-corrected chi connectivity index (χ0v) is 11.6. The van der Waals surface area contributed by atoms with E-state index in [-0.39, 0.29) is 17.1 Å². The van der Waals surface area contributed by atoms with Crippen LogP contribution >= 0.6 is 0 Å². The van der Waals surface area contributed by atoms with Crippen molar-refractivity contribution in [3.05, 3.63) is 17.6 Å². The molecule has 8 heteroatoms. The van der Waals surface area contributed by atoms with E-state index in [9.17, 15) is 13.2 Å². The molecule has 0 aliphatic rings. The Bertz CT molecular complexity index is 626. The van der Waals surface area contributed by atoms with E-state index in [1.165, 1.54) is 14.0 Å². The van der Waals surface area contributed by atoms with Crippen molar-refractivity contribution >= 4 is 16.0 Å². The molecule has 0 bridgehead atoms. The lowest BCUT2D eigenvalue weighted by Crippen LogP contribution is -2.34. The standard InChI is InChI=1S/C11H14N2O5S/c1-7(4-5-12)13(3)19(16,17)10-6-9(11(14)15)18-8(10)2/h6-7H,4H2,1-3H3,(H,14,15). The highest BCUT2D eigenvalue weighted by molar-refractivity contribution is 7.89. The monoisotopic (exact) mass is 286 g/mol. The van der Waals surface area contributed by atoms with Crippen LogP contribution in [0.1, 0.15) is 29.7 Å². The lowest BCUT2D eigenvalue weighted by Gasteiger charge is -2.21. The minimum absolute atomic E-state index is 0.00778. The van der Waals surface area contributed by atoms with Crippen LogP contribution < -0.4 is 0 Å². The van der Waals surface area contributed by atoms with Gasteiger partial charge in [0.05, 0.1) is 12.5 Å². The van der Waals surface area contributed by atoms with Crippen LogP contribution in [0.15, 0.2) is 15.4 Å². The highest BCUT2D eigenvalue weighted by Gasteiger charge is 2.30. The Hall–Kier alpha value is -1.85. The van der Waals surface area contributed by atoms with Crippen LogP contribution in [0.2, 0.25) is 0 Å². The second-order valence-corrected chi connectivity index (χ2v) is 6.03. The van der Waals surface area contributed by atoms with Crippen molar-refractivity contribution < 1.29 is 22.7 Å². The Labute approximate surface area is 111 Å². The number of sulfonamides is 1. The molecule has 0 radical (unpaired) electrons. The molecule has 1 atom stereocenters. The number of hydrogen-bond acceptors (Lipinski definition) is 5. The summed E-state index contributed by atoms with van der Waals surface area (Å²) >= 11 is 0. The molecule has 0 aliphatic carbocycles. The summed E-state index contributed by atoms with van der Waals surface area (Å²) in [6.07, 6.45) is 0.0401. The summed E-state index contributed by atoms with van der Waals surface area (Å²) in [6, 6.07) is 2.34. The van der Waals surface area contributed by atoms with Crippen molar-refractivity contribution in [2.45, 2.75) is 31.2 Å². The summed E-state index contributed by atoms with van der Waals surface area (Å²) in [5.41, 5.74) is 0. The van der Waals surface area contributed by atoms with Crippen LogP contribution in [0, 0.1) is 18.3 Å². The lowest BCUT2D eigenvalue weighted by molar-refractivity contribution is 0.0661. The topological polar surface area (TPSA) is 112 Å². The molecular formula is C11H14N2O5S. The molecule has 1 N–H and O–H groups in total. The van der Waals surface area contributed by atoms with Crippen LogP contribution in [0.3, 0.4) is 0 Å². The molecular weight excluding hydrogens is 272 g/mol. The van der Waals surface area contributed by atoms with E-state index in [1.807, 2.05) is 6.07 Å². The summed E-state index contributed by atoms with van der Waals surface area (Å²) < 4.78 is 30.4. The maximum absolute atomic E-state index is 12.3. The predicted molar refractivity (Wildman–Crippen MR) is 65.0 cm³/mol. The number of nitriles is 1. The second kappa shape index (κ2) is 5.42. The number of aryl methyl sites for hydroxylation is 1. The molecule has 0 fully saturated rings. The Kier molecular flexibility index (Phi) is 4.34. The number of hydrogen-bond donors (Lipinski definition) is 1. The van der Waals surface area contributed by atoms with Crippen molar-refractivity contribution in [1.29, 1.82) is 5.26 Å². The molecule has 0 saturated heterocycles. The van der Waals surface area contributed by atoms with E-state index < -0.39 is 27.8 Å². The third kappa shape index (κ3) is 2.94. The maximum atomic E-state index is 12.3. The number of aromatic carboxylic acids is 1. The van der Waals surface area contributed by atoms with E-state index in [1.54, 1.807) is 6.92 Å². The van der Waals surface area contributed by atoms with Crippen LogP contribution in [-0.2, 0) is 10.0 Å². The molecule has 7 nitrogen and oxygen atoms in total. The quantitative estimate of drug-likeness (QED) is 0.870. The third-order valence-corrected chi connectivity index (χ3v) is 4.83. The first-order valence-corrected chi connectivity index (χ1v) is 6.84. The zero-order valence-electron chi connectivity index (χ0n) is 10.7. The lowest BCUT2D eigenvalue weighted by atomic mass is 10.3. The van der Waals surface area contributed by atoms with Gasteiger partial charge in [0, 0.05) is 19.2 Å². The van der Waals surface area contributed by atoms with E-state index in [0.717, 1.165) is 10.4 Å². The Morgan fingerprint density at radius 1 is 1.63 bits per heavy atom. The van der Waals surface area contributed by atoms with Gasteiger partial charge in [-0.15, -0.1) is 0 Å². The van der Waals surface area contributed by atoms with Gasteiger partial charge in [0.15, 0.2) is 0 Å². The first kappa shape index (κ1) is 15.2. The minimum Gasteiger partial charge on any atom is -0.475 e. The van der Waals surface area contributed by atoms with Crippen molar-refractivity contribution in [3.8, 4) is 6.07 Å². The van der Waals surface area contributed by atoms with E-state index >= 15 is 0 Å². The van der Waals surface area contributed by atoms with Crippen LogP contribution in [0.4, 0.5) is 0 Å². The summed E-state index contributed by atoms with van der Waals surface area (Å²) in [4.78, 5) is 10.6. The van der Waals surface area contributed by atoms with Crippen LogP contribution in [-0.4, -0.2) is 36.9 Å². The molecule has 0 spiro atoms. The zero-order chi connectivity index (χ0) is 14.8. The number of carboxylic acid groups (broad SMARTS) is 1. The number of furan rings is 1. The van der Waals surface area contributed by atoms with Gasteiger partial charge in [-0.25, -0.2) is 13.2 Å². The highest BCUT2D eigenvalue weighted by atomic mass is 32.2. The first-order valence-electron chi connectivity index (χ1n) is 5.40. The maximum Gasteiger partial charge on any atom is 0.371 e. The fourth-order valence-electron chi connectivity index (χ4n) is 1.48. The van der Waals surface area contributed by atoms with E-state index in [2.05, 4.69) is 0 Å². The average molecular weight is 286 g/mol. The van der Waals surface area contributed by atoms with Gasteiger partial charge >= 0.3 is 5.97 Å². The molecule has 1 unspecified atom stereocenters. The third-order valence-electron chi connectivity index (χ3n) is 2.75. The van der Waals surface area contributed by atoms with Crippen molar-refractivity contribution in [2.75, 3.05) is 7.05 Å². The molecule has 1 heterocycles. The van der Waals surface area contributed by atoms with Gasteiger partial charge in [0.2, 0.25) is 15.8 Å². The fourth-order valence-corrected chi connectivity index (χ4v) is 3.00. The van der Waals surface area contributed by atoms with Gasteiger partial charge in [0.1, 0.15) is 10.7 Å². The average Bonchev–Trinajstić information content (AvgIpc) is 2.71.